The Labute approximate surface area is 120 Å². The zero-order valence-electron chi connectivity index (χ0n) is 12.5. The maximum atomic E-state index is 12.4. The molecule has 2 atom stereocenters. The van der Waals surface area contributed by atoms with E-state index in [1.807, 2.05) is 4.90 Å². The van der Waals surface area contributed by atoms with Crippen LogP contribution in [0.2, 0.25) is 0 Å². The number of nitrogens with zero attached hydrogens (tertiary/aromatic N) is 2. The van der Waals surface area contributed by atoms with Gasteiger partial charge in [-0.15, -0.1) is 0 Å². The van der Waals surface area contributed by atoms with Crippen molar-refractivity contribution in [1.29, 1.82) is 0 Å². The molecule has 0 N–H and O–H groups in total. The van der Waals surface area contributed by atoms with Crippen LogP contribution in [0.3, 0.4) is 0 Å². The molecule has 0 bridgehead atoms. The fraction of sp³-hybridized carbons (Fsp3) is 0.733. The topological polar surface area (TPSA) is 55.6 Å². The highest BCUT2D eigenvalue weighted by Crippen LogP contribution is 2.22. The van der Waals surface area contributed by atoms with Crippen LogP contribution in [0, 0.1) is 5.92 Å². The number of amides is 1. The first-order chi connectivity index (χ1) is 9.61. The summed E-state index contributed by atoms with van der Waals surface area (Å²) in [5.41, 5.74) is 0.378. The van der Waals surface area contributed by atoms with Gasteiger partial charge in [-0.2, -0.15) is 0 Å². The molecule has 2 rings (SSSR count). The summed E-state index contributed by atoms with van der Waals surface area (Å²) in [4.78, 5) is 14.2. The largest absolute Gasteiger partial charge is 0.371 e. The maximum absolute atomic E-state index is 12.4. The molecule has 1 aromatic heterocycles. The lowest BCUT2D eigenvalue weighted by Gasteiger charge is -2.39. The molecule has 0 aliphatic carbocycles. The number of hydrogen-bond donors (Lipinski definition) is 0. The van der Waals surface area contributed by atoms with E-state index < -0.39 is 0 Å². The fourth-order valence-corrected chi connectivity index (χ4v) is 2.48. The quantitative estimate of drug-likeness (QED) is 0.832. The van der Waals surface area contributed by atoms with Crippen LogP contribution in [0.1, 0.15) is 50.5 Å². The average Bonchev–Trinajstić information content (AvgIpc) is 2.98. The third-order valence-electron chi connectivity index (χ3n) is 3.76. The fourth-order valence-electron chi connectivity index (χ4n) is 2.48. The van der Waals surface area contributed by atoms with Gasteiger partial charge < -0.3 is 14.2 Å². The first kappa shape index (κ1) is 15.0. The lowest BCUT2D eigenvalue weighted by Crippen LogP contribution is -2.51. The van der Waals surface area contributed by atoms with Crippen molar-refractivity contribution in [2.75, 3.05) is 13.1 Å². The van der Waals surface area contributed by atoms with Crippen LogP contribution in [0.25, 0.3) is 0 Å². The van der Waals surface area contributed by atoms with Crippen molar-refractivity contribution in [2.45, 2.75) is 52.2 Å². The number of carbonyl (C=O) groups excluding carboxylic acids is 1. The summed E-state index contributed by atoms with van der Waals surface area (Å²) in [5.74, 6) is 0.334. The van der Waals surface area contributed by atoms with Gasteiger partial charge in [-0.05, 0) is 12.3 Å². The average molecular weight is 280 g/mol. The van der Waals surface area contributed by atoms with E-state index in [4.69, 9.17) is 9.26 Å². The molecule has 1 amide bonds. The van der Waals surface area contributed by atoms with E-state index in [-0.39, 0.29) is 18.1 Å². The van der Waals surface area contributed by atoms with E-state index in [0.29, 0.717) is 24.7 Å². The Kier molecular flexibility index (Phi) is 5.17. The number of rotatable bonds is 5. The predicted molar refractivity (Wildman–Crippen MR) is 75.4 cm³/mol. The van der Waals surface area contributed by atoms with Gasteiger partial charge in [-0.25, -0.2) is 0 Å². The van der Waals surface area contributed by atoms with Gasteiger partial charge in [-0.1, -0.05) is 38.8 Å². The molecular weight excluding hydrogens is 256 g/mol. The van der Waals surface area contributed by atoms with Crippen LogP contribution in [-0.4, -0.2) is 41.3 Å². The van der Waals surface area contributed by atoms with E-state index in [1.165, 1.54) is 6.26 Å². The molecule has 5 nitrogen and oxygen atoms in total. The molecule has 1 aromatic rings. The van der Waals surface area contributed by atoms with Crippen LogP contribution in [0.15, 0.2) is 16.9 Å². The number of hydrogen-bond acceptors (Lipinski definition) is 4. The third kappa shape index (κ3) is 3.60. The molecule has 0 spiro atoms. The number of morpholine rings is 1. The minimum absolute atomic E-state index is 0.0609. The van der Waals surface area contributed by atoms with Crippen molar-refractivity contribution in [3.63, 3.8) is 0 Å². The monoisotopic (exact) mass is 280 g/mol. The van der Waals surface area contributed by atoms with Crippen molar-refractivity contribution in [1.82, 2.24) is 10.1 Å². The summed E-state index contributed by atoms with van der Waals surface area (Å²) in [6.07, 6.45) is 4.93. The maximum Gasteiger partial charge on any atom is 0.276 e. The Balaban J connectivity index is 2.05. The summed E-state index contributed by atoms with van der Waals surface area (Å²) in [6, 6.07) is 1.61. The van der Waals surface area contributed by atoms with Crippen molar-refractivity contribution in [3.8, 4) is 0 Å². The van der Waals surface area contributed by atoms with Gasteiger partial charge in [0, 0.05) is 19.2 Å². The van der Waals surface area contributed by atoms with E-state index in [0.717, 1.165) is 19.3 Å². The minimum atomic E-state index is -0.0609. The highest BCUT2D eigenvalue weighted by atomic mass is 16.5. The molecule has 112 valence electrons. The van der Waals surface area contributed by atoms with Gasteiger partial charge in [0.05, 0.1) is 12.2 Å². The normalized spacial score (nSPS) is 23.3. The second-order valence-corrected chi connectivity index (χ2v) is 5.78. The molecule has 1 fully saturated rings. The van der Waals surface area contributed by atoms with Crippen LogP contribution >= 0.6 is 0 Å². The number of aromatic nitrogens is 1. The number of ether oxygens (including phenoxy) is 1. The third-order valence-corrected chi connectivity index (χ3v) is 3.76. The van der Waals surface area contributed by atoms with Crippen LogP contribution in [0.5, 0.6) is 0 Å². The molecule has 2 heterocycles. The Morgan fingerprint density at radius 3 is 2.90 bits per heavy atom. The molecule has 1 aliphatic rings. The Hall–Kier alpha value is -1.36. The van der Waals surface area contributed by atoms with Gasteiger partial charge in [0.25, 0.3) is 5.91 Å². The van der Waals surface area contributed by atoms with Crippen LogP contribution in [0.4, 0.5) is 0 Å². The molecule has 20 heavy (non-hydrogen) atoms. The summed E-state index contributed by atoms with van der Waals surface area (Å²) in [6.45, 7) is 7.71. The molecule has 0 aromatic carbocycles. The van der Waals surface area contributed by atoms with E-state index in [1.54, 1.807) is 6.07 Å². The standard InChI is InChI=1S/C15H24N2O3/c1-4-5-6-12-9-17(10-14(20-12)11(2)3)15(18)13-7-8-19-16-13/h7-8,11-12,14H,4-6,9-10H2,1-3H3/t12-,14-/m1/s1. The Morgan fingerprint density at radius 2 is 2.30 bits per heavy atom. The van der Waals surface area contributed by atoms with E-state index in [2.05, 4.69) is 25.9 Å². The predicted octanol–water partition coefficient (Wildman–Crippen LogP) is 2.73. The lowest BCUT2D eigenvalue weighted by molar-refractivity contribution is -0.0964. The molecule has 0 unspecified atom stereocenters. The van der Waals surface area contributed by atoms with Crippen molar-refractivity contribution < 1.29 is 14.1 Å². The van der Waals surface area contributed by atoms with Crippen molar-refractivity contribution >= 4 is 5.91 Å². The second kappa shape index (κ2) is 6.88. The molecule has 1 aliphatic heterocycles. The molecule has 0 saturated carbocycles. The number of carbonyl (C=O) groups is 1. The van der Waals surface area contributed by atoms with Crippen molar-refractivity contribution in [2.24, 2.45) is 5.92 Å². The SMILES string of the molecule is CCCC[C@@H]1CN(C(=O)c2ccon2)C[C@H](C(C)C)O1. The summed E-state index contributed by atoms with van der Waals surface area (Å²) in [7, 11) is 0. The Bertz CT molecular complexity index is 417. The van der Waals surface area contributed by atoms with Crippen LogP contribution in [-0.2, 0) is 4.74 Å². The molecular formula is C15H24N2O3. The Morgan fingerprint density at radius 1 is 1.50 bits per heavy atom. The first-order valence-electron chi connectivity index (χ1n) is 7.47. The zero-order valence-corrected chi connectivity index (χ0v) is 12.5. The van der Waals surface area contributed by atoms with Gasteiger partial charge in [0.15, 0.2) is 5.69 Å². The lowest BCUT2D eigenvalue weighted by atomic mass is 10.0. The highest BCUT2D eigenvalue weighted by Gasteiger charge is 2.32. The minimum Gasteiger partial charge on any atom is -0.371 e. The first-order valence-corrected chi connectivity index (χ1v) is 7.47. The zero-order chi connectivity index (χ0) is 14.5. The second-order valence-electron chi connectivity index (χ2n) is 5.78. The van der Waals surface area contributed by atoms with Gasteiger partial charge in [0.2, 0.25) is 0 Å². The molecule has 0 radical (unpaired) electrons. The smallest absolute Gasteiger partial charge is 0.276 e. The van der Waals surface area contributed by atoms with Gasteiger partial charge >= 0.3 is 0 Å². The number of unbranched alkanes of at least 4 members (excludes halogenated alkanes) is 1. The molecule has 1 saturated heterocycles. The summed E-state index contributed by atoms with van der Waals surface area (Å²) in [5, 5.41) is 3.74. The van der Waals surface area contributed by atoms with Crippen molar-refractivity contribution in [3.05, 3.63) is 18.0 Å². The van der Waals surface area contributed by atoms with Gasteiger partial charge in [0.1, 0.15) is 6.26 Å². The summed E-state index contributed by atoms with van der Waals surface area (Å²) < 4.78 is 10.9. The highest BCUT2D eigenvalue weighted by molar-refractivity contribution is 5.92. The molecule has 5 heteroatoms. The van der Waals surface area contributed by atoms with Gasteiger partial charge in [-0.3, -0.25) is 4.79 Å². The van der Waals surface area contributed by atoms with E-state index in [9.17, 15) is 4.79 Å². The van der Waals surface area contributed by atoms with E-state index >= 15 is 0 Å². The summed E-state index contributed by atoms with van der Waals surface area (Å²) >= 11 is 0. The van der Waals surface area contributed by atoms with Crippen LogP contribution < -0.4 is 0 Å².